The number of rotatable bonds is 8. The fourth-order valence-corrected chi connectivity index (χ4v) is 6.05. The van der Waals surface area contributed by atoms with Crippen LogP contribution in [0.1, 0.15) is 17.5 Å². The molecule has 0 bridgehead atoms. The van der Waals surface area contributed by atoms with Crippen molar-refractivity contribution in [2.75, 3.05) is 39.2 Å². The Kier molecular flexibility index (Phi) is 8.20. The summed E-state index contributed by atoms with van der Waals surface area (Å²) in [6.07, 6.45) is -6.12. The number of phenolic OH excluding ortho intramolecular Hbond substituents is 1. The van der Waals surface area contributed by atoms with Gasteiger partial charge in [0.15, 0.2) is 17.1 Å². The van der Waals surface area contributed by atoms with E-state index in [1.807, 2.05) is 0 Å². The lowest BCUT2D eigenvalue weighted by atomic mass is 9.57. The number of aliphatic hydroxyl groups excluding tert-OH is 2. The van der Waals surface area contributed by atoms with Crippen LogP contribution in [0.3, 0.4) is 0 Å². The third kappa shape index (κ3) is 5.27. The van der Waals surface area contributed by atoms with Gasteiger partial charge in [0, 0.05) is 29.7 Å². The van der Waals surface area contributed by atoms with Crippen LogP contribution in [0.2, 0.25) is 0 Å². The van der Waals surface area contributed by atoms with Crippen LogP contribution in [-0.4, -0.2) is 101 Å². The molecule has 0 spiro atoms. The minimum atomic E-state index is -5.27. The van der Waals surface area contributed by atoms with Crippen molar-refractivity contribution in [3.05, 3.63) is 34.1 Å². The smallest absolute Gasteiger partial charge is 0.508 e. The molecule has 1 saturated carbocycles. The van der Waals surface area contributed by atoms with E-state index in [4.69, 9.17) is 5.73 Å². The summed E-state index contributed by atoms with van der Waals surface area (Å²) >= 11 is 0. The number of carbonyl (C=O) groups excluding carboxylic acids is 4. The molecule has 4 atom stereocenters. The number of benzene rings is 1. The summed E-state index contributed by atoms with van der Waals surface area (Å²) in [6.45, 7) is -1.54. The highest BCUT2D eigenvalue weighted by Crippen LogP contribution is 2.55. The molecule has 0 radical (unpaired) electrons. The van der Waals surface area contributed by atoms with Gasteiger partial charge in [0.25, 0.3) is 5.91 Å². The zero-order valence-corrected chi connectivity index (χ0v) is 22.7. The predicted octanol–water partition coefficient (Wildman–Crippen LogP) is 0.360. The predicted molar refractivity (Wildman–Crippen MR) is 138 cm³/mol. The van der Waals surface area contributed by atoms with Crippen molar-refractivity contribution in [3.8, 4) is 11.5 Å². The van der Waals surface area contributed by atoms with Crippen LogP contribution >= 0.6 is 0 Å². The molecular formula is C26H28F4N4O9. The summed E-state index contributed by atoms with van der Waals surface area (Å²) in [5.41, 5.74) is -1.14. The molecule has 2 amide bonds. The second-order valence-corrected chi connectivity index (χ2v) is 10.5. The highest BCUT2D eigenvalue weighted by molar-refractivity contribution is 6.24. The van der Waals surface area contributed by atoms with Crippen molar-refractivity contribution in [3.63, 3.8) is 0 Å². The van der Waals surface area contributed by atoms with Crippen molar-refractivity contribution in [1.29, 1.82) is 0 Å². The Balaban J connectivity index is 1.92. The maximum atomic E-state index is 13.9. The molecule has 1 aromatic carbocycles. The average molecular weight is 617 g/mol. The molecule has 0 saturated heterocycles. The molecule has 0 aromatic heterocycles. The van der Waals surface area contributed by atoms with Gasteiger partial charge in [0.1, 0.15) is 29.5 Å². The van der Waals surface area contributed by atoms with Crippen LogP contribution in [0, 0.1) is 11.8 Å². The quantitative estimate of drug-likeness (QED) is 0.0917. The number of alkyl halides is 4. The van der Waals surface area contributed by atoms with E-state index in [9.17, 15) is 57.2 Å². The minimum absolute atomic E-state index is 0.217. The fourth-order valence-electron chi connectivity index (χ4n) is 6.05. The first kappa shape index (κ1) is 31.7. The first-order valence-corrected chi connectivity index (χ1v) is 12.8. The Morgan fingerprint density at radius 2 is 1.86 bits per heavy atom. The summed E-state index contributed by atoms with van der Waals surface area (Å²) < 4.78 is 56.7. The van der Waals surface area contributed by atoms with E-state index < -0.39 is 124 Å². The Morgan fingerprint density at radius 1 is 1.21 bits per heavy atom. The Hall–Kier alpha value is -4.22. The van der Waals surface area contributed by atoms with E-state index in [1.54, 1.807) is 0 Å². The van der Waals surface area contributed by atoms with Gasteiger partial charge in [0.2, 0.25) is 11.7 Å². The van der Waals surface area contributed by atoms with E-state index in [2.05, 4.69) is 15.4 Å². The molecular weight excluding hydrogens is 588 g/mol. The fraction of sp³-hybridized carbons (Fsp3) is 0.462. The number of hydrogen-bond acceptors (Lipinski definition) is 11. The van der Waals surface area contributed by atoms with Gasteiger partial charge in [-0.2, -0.15) is 0 Å². The van der Waals surface area contributed by atoms with Crippen LogP contribution < -0.4 is 21.1 Å². The number of aromatic hydroxyl groups is 1. The number of hydrogen-bond donors (Lipinski definition) is 7. The molecule has 43 heavy (non-hydrogen) atoms. The molecule has 3 aliphatic rings. The van der Waals surface area contributed by atoms with Crippen LogP contribution in [-0.2, 0) is 25.6 Å². The van der Waals surface area contributed by atoms with Crippen molar-refractivity contribution in [2.24, 2.45) is 17.6 Å². The maximum Gasteiger partial charge on any atom is 0.573 e. The number of amides is 2. The number of phenols is 1. The van der Waals surface area contributed by atoms with Gasteiger partial charge in [0.05, 0.1) is 23.8 Å². The summed E-state index contributed by atoms with van der Waals surface area (Å²) in [7, 11) is 2.79. The van der Waals surface area contributed by atoms with Crippen LogP contribution in [0.25, 0.3) is 5.76 Å². The number of nitrogens with zero attached hydrogens (tertiary/aromatic N) is 1. The van der Waals surface area contributed by atoms with Gasteiger partial charge in [-0.15, -0.1) is 13.2 Å². The number of aliphatic hydroxyl groups is 3. The summed E-state index contributed by atoms with van der Waals surface area (Å²) in [4.78, 5) is 52.6. The van der Waals surface area contributed by atoms with Gasteiger partial charge in [-0.3, -0.25) is 24.1 Å². The van der Waals surface area contributed by atoms with Crippen LogP contribution in [0.5, 0.6) is 11.5 Å². The van der Waals surface area contributed by atoms with E-state index in [1.165, 1.54) is 19.0 Å². The Bertz CT molecular complexity index is 1470. The van der Waals surface area contributed by atoms with E-state index in [-0.39, 0.29) is 13.0 Å². The van der Waals surface area contributed by atoms with Gasteiger partial charge in [-0.1, -0.05) is 0 Å². The first-order valence-electron chi connectivity index (χ1n) is 12.8. The second kappa shape index (κ2) is 11.1. The van der Waals surface area contributed by atoms with E-state index >= 15 is 0 Å². The second-order valence-electron chi connectivity index (χ2n) is 10.5. The van der Waals surface area contributed by atoms with Gasteiger partial charge < -0.3 is 41.5 Å². The SMILES string of the molecule is CN(C)[C@@H]1C(=O)C(C(N)=O)=C(O)[C@@]2(O)C(=O)C3=C(O)c4c(O)c(NC(=O)CNCCF)cc(OC(F)(F)F)c4C[C@H]3C[C@@H]12. The topological polar surface area (TPSA) is 212 Å². The normalized spacial score (nSPS) is 25.3. The molecule has 13 nitrogen and oxygen atoms in total. The number of Topliss-reactive ketones (excluding diaryl/α,β-unsaturated/α-hetero) is 2. The number of ether oxygens (including phenoxy) is 1. The summed E-state index contributed by atoms with van der Waals surface area (Å²) in [5.74, 6) is -11.7. The van der Waals surface area contributed by atoms with E-state index in [0.717, 1.165) is 0 Å². The number of halogens is 4. The standard InChI is InChI=1S/C26H28F4N4O9/c1-34(2)18-11-6-9-5-10-13(43-26(28,29)30)7-12(33-14(35)8-32-4-3-27)19(36)16(10)20(37)15(9)22(39)25(11,42)23(40)17(21(18)38)24(31)41/h7,9,11,18,32,36-37,40,42H,3-6,8H2,1-2H3,(H2,31,41)(H,33,35)/t9-,11-,18-,25-/m0/s1. The lowest BCUT2D eigenvalue weighted by Crippen LogP contribution is -2.65. The Labute approximate surface area is 240 Å². The largest absolute Gasteiger partial charge is 0.573 e. The highest BCUT2D eigenvalue weighted by atomic mass is 19.4. The Morgan fingerprint density at radius 3 is 2.42 bits per heavy atom. The molecule has 0 heterocycles. The number of anilines is 1. The van der Waals surface area contributed by atoms with Crippen molar-refractivity contribution in [1.82, 2.24) is 10.2 Å². The number of carbonyl (C=O) groups is 4. The molecule has 3 aliphatic carbocycles. The van der Waals surface area contributed by atoms with Crippen LogP contribution in [0.4, 0.5) is 23.2 Å². The molecule has 0 aliphatic heterocycles. The van der Waals surface area contributed by atoms with Gasteiger partial charge in [-0.05, 0) is 32.9 Å². The number of primary amides is 1. The zero-order chi connectivity index (χ0) is 32.2. The number of ketones is 2. The first-order chi connectivity index (χ1) is 19.9. The lowest BCUT2D eigenvalue weighted by molar-refractivity contribution is -0.275. The number of nitrogens with two attached hydrogens (primary N) is 1. The molecule has 234 valence electrons. The summed E-state index contributed by atoms with van der Waals surface area (Å²) in [6, 6.07) is -0.727. The number of fused-ring (bicyclic) bond motifs is 3. The number of nitrogens with one attached hydrogen (secondary N) is 2. The van der Waals surface area contributed by atoms with Crippen LogP contribution in [0.15, 0.2) is 23.0 Å². The van der Waals surface area contributed by atoms with Crippen molar-refractivity contribution in [2.45, 2.75) is 30.8 Å². The molecule has 1 aromatic rings. The highest BCUT2D eigenvalue weighted by Gasteiger charge is 2.64. The molecule has 17 heteroatoms. The maximum absolute atomic E-state index is 13.9. The molecule has 4 rings (SSSR count). The number of likely N-dealkylation sites (N-methyl/N-ethyl adjacent to an activating group) is 1. The van der Waals surface area contributed by atoms with E-state index in [0.29, 0.717) is 6.07 Å². The summed E-state index contributed by atoms with van der Waals surface area (Å²) in [5, 5.41) is 49.2. The average Bonchev–Trinajstić information content (AvgIpc) is 2.87. The minimum Gasteiger partial charge on any atom is -0.508 e. The third-order valence-corrected chi connectivity index (χ3v) is 7.74. The monoisotopic (exact) mass is 616 g/mol. The van der Waals surface area contributed by atoms with Crippen molar-refractivity contribution >= 4 is 34.8 Å². The lowest BCUT2D eigenvalue weighted by Gasteiger charge is -2.50. The van der Waals surface area contributed by atoms with Gasteiger partial charge in [-0.25, -0.2) is 4.39 Å². The molecule has 1 fully saturated rings. The van der Waals surface area contributed by atoms with Gasteiger partial charge >= 0.3 is 6.36 Å². The molecule has 0 unspecified atom stereocenters. The zero-order valence-electron chi connectivity index (χ0n) is 22.7. The van der Waals surface area contributed by atoms with Crippen molar-refractivity contribution < 1.29 is 61.9 Å². The molecule has 8 N–H and O–H groups in total. The third-order valence-electron chi connectivity index (χ3n) is 7.74.